The average molecular weight is 571 g/mol. The van der Waals surface area contributed by atoms with Crippen molar-refractivity contribution in [1.29, 1.82) is 0 Å². The number of aromatic nitrogens is 3. The number of aliphatic carboxylic acids is 2. The van der Waals surface area contributed by atoms with Gasteiger partial charge in [-0.3, -0.25) is 9.78 Å². The lowest BCUT2D eigenvalue weighted by Gasteiger charge is -2.27. The fourth-order valence-corrected chi connectivity index (χ4v) is 3.56. The van der Waals surface area contributed by atoms with Gasteiger partial charge in [-0.15, -0.1) is 0 Å². The predicted octanol–water partition coefficient (Wildman–Crippen LogP) is 2.16. The van der Waals surface area contributed by atoms with Crippen LogP contribution < -0.4 is 10.2 Å². The number of carboxylic acids is 2. The molecule has 39 heavy (non-hydrogen) atoms. The zero-order valence-corrected chi connectivity index (χ0v) is 19.5. The first-order chi connectivity index (χ1) is 18.0. The number of hydrogen-bond acceptors (Lipinski definition) is 8. The Morgan fingerprint density at radius 1 is 1.05 bits per heavy atom. The van der Waals surface area contributed by atoms with Gasteiger partial charge < -0.3 is 25.2 Å². The van der Waals surface area contributed by atoms with Gasteiger partial charge in [-0.05, 0) is 12.1 Å². The van der Waals surface area contributed by atoms with Crippen LogP contribution in [0.4, 0.5) is 36.7 Å². The van der Waals surface area contributed by atoms with E-state index in [1.54, 1.807) is 24.5 Å². The first-order valence-corrected chi connectivity index (χ1v) is 10.6. The quantitative estimate of drug-likeness (QED) is 0.465. The molecule has 3 N–H and O–H groups in total. The number of nitrogens with zero attached hydrogens (tertiary/aromatic N) is 4. The second-order valence-corrected chi connectivity index (χ2v) is 8.19. The molecule has 0 saturated carbocycles. The van der Waals surface area contributed by atoms with Crippen LogP contribution in [0.15, 0.2) is 36.9 Å². The van der Waals surface area contributed by atoms with E-state index in [0.717, 1.165) is 6.54 Å². The van der Waals surface area contributed by atoms with E-state index in [-0.39, 0.29) is 17.2 Å². The van der Waals surface area contributed by atoms with Crippen LogP contribution in [-0.4, -0.2) is 88.2 Å². The Labute approximate surface area is 214 Å². The van der Waals surface area contributed by atoms with Crippen molar-refractivity contribution in [3.8, 4) is 0 Å². The highest BCUT2D eigenvalue weighted by Gasteiger charge is 2.51. The molecule has 0 radical (unpaired) electrons. The minimum Gasteiger partial charge on any atom is -0.475 e. The molecule has 0 spiro atoms. The molecule has 4 heterocycles. The van der Waals surface area contributed by atoms with E-state index in [4.69, 9.17) is 24.5 Å². The van der Waals surface area contributed by atoms with Gasteiger partial charge in [-0.2, -0.15) is 26.3 Å². The molecule has 0 aliphatic carbocycles. The van der Waals surface area contributed by atoms with E-state index < -0.39 is 30.1 Å². The van der Waals surface area contributed by atoms with E-state index in [1.807, 2.05) is 4.90 Å². The molecule has 18 heteroatoms. The lowest BCUT2D eigenvalue weighted by Crippen LogP contribution is -2.43. The van der Waals surface area contributed by atoms with Crippen molar-refractivity contribution < 1.29 is 60.1 Å². The maximum atomic E-state index is 13.0. The zero-order valence-electron chi connectivity index (χ0n) is 19.5. The second-order valence-electron chi connectivity index (χ2n) is 8.19. The fourth-order valence-electron chi connectivity index (χ4n) is 3.56. The summed E-state index contributed by atoms with van der Waals surface area (Å²) in [6, 6.07) is 3.47. The highest BCUT2D eigenvalue weighted by molar-refractivity contribution is 5.93. The molecule has 0 bridgehead atoms. The van der Waals surface area contributed by atoms with E-state index in [9.17, 15) is 35.5 Å². The standard InChI is InChI=1S/C17H18FN5O2.2C2HF3O2/c18-14-5-20-16(21-6-14)23-7-13-8-25-11-17(13,10-23)9-22-15(24)12-2-1-3-19-4-12;2*3-2(4,5)1(6)7/h1-6,13H,7-11H2,(H,22,24);2*(H,6,7)/t13-,17+;;/m1../s1. The molecule has 4 rings (SSSR count). The van der Waals surface area contributed by atoms with Crippen molar-refractivity contribution in [3.05, 3.63) is 48.3 Å². The van der Waals surface area contributed by atoms with Gasteiger partial charge in [0.25, 0.3) is 5.91 Å². The average Bonchev–Trinajstić information content (AvgIpc) is 3.41. The van der Waals surface area contributed by atoms with Gasteiger partial charge in [0.2, 0.25) is 5.95 Å². The number of nitrogens with one attached hydrogen (secondary N) is 1. The third-order valence-electron chi connectivity index (χ3n) is 5.42. The van der Waals surface area contributed by atoms with E-state index in [0.29, 0.717) is 37.8 Å². The van der Waals surface area contributed by atoms with Gasteiger partial charge >= 0.3 is 24.3 Å². The van der Waals surface area contributed by atoms with Crippen molar-refractivity contribution in [2.45, 2.75) is 12.4 Å². The van der Waals surface area contributed by atoms with Crippen molar-refractivity contribution in [2.75, 3.05) is 37.7 Å². The lowest BCUT2D eigenvalue weighted by molar-refractivity contribution is -0.193. The summed E-state index contributed by atoms with van der Waals surface area (Å²) in [4.78, 5) is 44.2. The molecule has 1 amide bonds. The van der Waals surface area contributed by atoms with Crippen LogP contribution in [0.2, 0.25) is 0 Å². The monoisotopic (exact) mass is 571 g/mol. The summed E-state index contributed by atoms with van der Waals surface area (Å²) in [5.41, 5.74) is 0.349. The molecule has 2 aromatic rings. The number of fused-ring (bicyclic) bond motifs is 1. The fraction of sp³-hybridized carbons (Fsp3) is 0.429. The van der Waals surface area contributed by atoms with Crippen molar-refractivity contribution in [2.24, 2.45) is 11.3 Å². The summed E-state index contributed by atoms with van der Waals surface area (Å²) >= 11 is 0. The molecule has 2 atom stereocenters. The second kappa shape index (κ2) is 12.6. The Kier molecular flexibility index (Phi) is 10.1. The highest BCUT2D eigenvalue weighted by atomic mass is 19.4. The van der Waals surface area contributed by atoms with Crippen molar-refractivity contribution >= 4 is 23.8 Å². The molecular formula is C21H20F7N5O6. The maximum absolute atomic E-state index is 13.0. The molecule has 2 aromatic heterocycles. The number of pyridine rings is 1. The number of amides is 1. The zero-order chi connectivity index (χ0) is 29.4. The summed E-state index contributed by atoms with van der Waals surface area (Å²) in [6.07, 6.45) is -4.65. The summed E-state index contributed by atoms with van der Waals surface area (Å²) in [5.74, 6) is -5.33. The normalized spacial score (nSPS) is 20.1. The van der Waals surface area contributed by atoms with Gasteiger partial charge in [0.05, 0.1) is 31.2 Å². The molecule has 2 aliphatic heterocycles. The molecule has 214 valence electrons. The number of hydrogen-bond donors (Lipinski definition) is 3. The van der Waals surface area contributed by atoms with Crippen LogP contribution in [0.3, 0.4) is 0 Å². The van der Waals surface area contributed by atoms with E-state index in [2.05, 4.69) is 20.3 Å². The van der Waals surface area contributed by atoms with Crippen molar-refractivity contribution in [1.82, 2.24) is 20.3 Å². The summed E-state index contributed by atoms with van der Waals surface area (Å²) in [5, 5.41) is 17.2. The first-order valence-electron chi connectivity index (χ1n) is 10.6. The Hall–Kier alpha value is -4.09. The predicted molar refractivity (Wildman–Crippen MR) is 115 cm³/mol. The summed E-state index contributed by atoms with van der Waals surface area (Å²) < 4.78 is 82.2. The number of alkyl halides is 6. The van der Waals surface area contributed by atoms with Gasteiger partial charge in [-0.1, -0.05) is 0 Å². The summed E-state index contributed by atoms with van der Waals surface area (Å²) in [6.45, 7) is 3.11. The Morgan fingerprint density at radius 2 is 1.62 bits per heavy atom. The van der Waals surface area contributed by atoms with Crippen LogP contribution in [0.25, 0.3) is 0 Å². The first kappa shape index (κ1) is 31.1. The molecule has 2 saturated heterocycles. The van der Waals surface area contributed by atoms with E-state index in [1.165, 1.54) is 12.4 Å². The third kappa shape index (κ3) is 9.01. The minimum absolute atomic E-state index is 0.149. The van der Waals surface area contributed by atoms with Crippen LogP contribution >= 0.6 is 0 Å². The molecule has 0 unspecified atom stereocenters. The van der Waals surface area contributed by atoms with Gasteiger partial charge in [0.1, 0.15) is 0 Å². The molecule has 0 aromatic carbocycles. The van der Waals surface area contributed by atoms with Crippen LogP contribution in [0, 0.1) is 17.2 Å². The number of halogens is 7. The number of carbonyl (C=O) groups is 3. The number of ether oxygens (including phenoxy) is 1. The smallest absolute Gasteiger partial charge is 0.475 e. The van der Waals surface area contributed by atoms with Crippen LogP contribution in [-0.2, 0) is 14.3 Å². The van der Waals surface area contributed by atoms with Crippen LogP contribution in [0.5, 0.6) is 0 Å². The van der Waals surface area contributed by atoms with Crippen LogP contribution in [0.1, 0.15) is 10.4 Å². The van der Waals surface area contributed by atoms with E-state index >= 15 is 0 Å². The maximum Gasteiger partial charge on any atom is 0.490 e. The number of carboxylic acid groups (broad SMARTS) is 2. The Balaban J connectivity index is 0.000000317. The van der Waals surface area contributed by atoms with Gasteiger partial charge in [0.15, 0.2) is 5.82 Å². The largest absolute Gasteiger partial charge is 0.490 e. The third-order valence-corrected chi connectivity index (χ3v) is 5.42. The molecule has 2 aliphatic rings. The number of rotatable bonds is 4. The topological polar surface area (TPSA) is 155 Å². The number of carbonyl (C=O) groups excluding carboxylic acids is 1. The summed E-state index contributed by atoms with van der Waals surface area (Å²) in [7, 11) is 0. The minimum atomic E-state index is -5.08. The van der Waals surface area contributed by atoms with Gasteiger partial charge in [-0.25, -0.2) is 23.9 Å². The number of anilines is 1. The Morgan fingerprint density at radius 3 is 2.10 bits per heavy atom. The Bertz CT molecular complexity index is 1110. The SMILES string of the molecule is O=C(NC[C@]12COC[C@H]1CN(c1ncc(F)cn1)C2)c1cccnc1.O=C(O)C(F)(F)F.O=C(O)C(F)(F)F. The molecular weight excluding hydrogens is 551 g/mol. The van der Waals surface area contributed by atoms with Gasteiger partial charge in [0, 0.05) is 43.4 Å². The lowest BCUT2D eigenvalue weighted by atomic mass is 9.81. The highest BCUT2D eigenvalue weighted by Crippen LogP contribution is 2.41. The van der Waals surface area contributed by atoms with Crippen molar-refractivity contribution in [3.63, 3.8) is 0 Å². The molecule has 11 nitrogen and oxygen atoms in total. The molecule has 2 fully saturated rings.